The normalized spacial score (nSPS) is 13.2. The number of carbonyl (C=O) groups excluding carboxylic acids is 1. The molecule has 0 aromatic carbocycles. The van der Waals surface area contributed by atoms with Crippen molar-refractivity contribution in [2.75, 3.05) is 0 Å². The molecule has 4 heteroatoms. The molecule has 0 aliphatic rings. The summed E-state index contributed by atoms with van der Waals surface area (Å²) < 4.78 is 5.27. The van der Waals surface area contributed by atoms with Gasteiger partial charge in [0.15, 0.2) is 6.10 Å². The minimum atomic E-state index is -1.04. The van der Waals surface area contributed by atoms with Crippen LogP contribution >= 0.6 is 0 Å². The third kappa shape index (κ3) is 28.4. The van der Waals surface area contributed by atoms with E-state index in [1.165, 1.54) is 0 Å². The molecular formula is C36H58O4. The minimum absolute atomic E-state index is 0.306. The predicted octanol–water partition coefficient (Wildman–Crippen LogP) is 10.8. The molecule has 40 heavy (non-hydrogen) atoms. The van der Waals surface area contributed by atoms with E-state index in [2.05, 4.69) is 86.8 Å². The predicted molar refractivity (Wildman–Crippen MR) is 171 cm³/mol. The fourth-order valence-electron chi connectivity index (χ4n) is 4.11. The van der Waals surface area contributed by atoms with E-state index in [-0.39, 0.29) is 5.97 Å². The standard InChI is InChI=1S/C36H58O4/c1-3-5-7-9-11-13-15-17-19-21-23-25-27-29-31-33-35(37)40-34(36(38)39)32-30-28-26-24-22-20-18-16-14-12-10-8-6-4-2/h5-8,11-14,17-20,34H,3-4,9-10,15-16,21-33H2,1-2H3,(H,38,39)/b7-5-,8-6-,13-11-,14-12-,19-17-,20-18-. The second-order valence-electron chi connectivity index (χ2n) is 10.2. The summed E-state index contributed by atoms with van der Waals surface area (Å²) in [6.07, 6.45) is 43.5. The number of ether oxygens (including phenoxy) is 1. The number of esters is 1. The van der Waals surface area contributed by atoms with Gasteiger partial charge in [-0.25, -0.2) is 4.79 Å². The van der Waals surface area contributed by atoms with E-state index in [4.69, 9.17) is 4.74 Å². The van der Waals surface area contributed by atoms with Crippen LogP contribution in [-0.4, -0.2) is 23.1 Å². The highest BCUT2D eigenvalue weighted by Crippen LogP contribution is 2.13. The maximum Gasteiger partial charge on any atom is 0.345 e. The van der Waals surface area contributed by atoms with E-state index in [0.29, 0.717) is 12.8 Å². The lowest BCUT2D eigenvalue weighted by Gasteiger charge is -2.13. The highest BCUT2D eigenvalue weighted by atomic mass is 16.6. The molecule has 0 radical (unpaired) electrons. The van der Waals surface area contributed by atoms with Crippen LogP contribution in [0.25, 0.3) is 0 Å². The first-order valence-corrected chi connectivity index (χ1v) is 15.9. The quantitative estimate of drug-likeness (QED) is 0.0623. The summed E-state index contributed by atoms with van der Waals surface area (Å²) in [6, 6.07) is 0. The summed E-state index contributed by atoms with van der Waals surface area (Å²) in [7, 11) is 0. The highest BCUT2D eigenvalue weighted by molar-refractivity contribution is 5.77. The summed E-state index contributed by atoms with van der Waals surface area (Å²) in [4.78, 5) is 23.6. The Bertz CT molecular complexity index is 770. The Balaban J connectivity index is 3.73. The van der Waals surface area contributed by atoms with Crippen molar-refractivity contribution >= 4 is 11.9 Å². The number of carboxylic acid groups (broad SMARTS) is 1. The summed E-state index contributed by atoms with van der Waals surface area (Å²) in [5.74, 6) is -1.42. The zero-order valence-corrected chi connectivity index (χ0v) is 25.6. The number of aliphatic carboxylic acids is 1. The van der Waals surface area contributed by atoms with Crippen molar-refractivity contribution in [3.8, 4) is 0 Å². The van der Waals surface area contributed by atoms with E-state index in [1.54, 1.807) is 0 Å². The molecule has 0 saturated heterocycles. The molecule has 0 spiro atoms. The Morgan fingerprint density at radius 1 is 0.550 bits per heavy atom. The van der Waals surface area contributed by atoms with E-state index in [1.807, 2.05) is 0 Å². The van der Waals surface area contributed by atoms with Crippen LogP contribution in [0.5, 0.6) is 0 Å². The topological polar surface area (TPSA) is 63.6 Å². The molecule has 0 rings (SSSR count). The van der Waals surface area contributed by atoms with Crippen molar-refractivity contribution in [2.45, 2.75) is 142 Å². The van der Waals surface area contributed by atoms with Crippen LogP contribution in [0, 0.1) is 0 Å². The minimum Gasteiger partial charge on any atom is -0.479 e. The molecule has 0 aliphatic heterocycles. The molecule has 0 aromatic rings. The number of hydrogen-bond donors (Lipinski definition) is 1. The van der Waals surface area contributed by atoms with Crippen molar-refractivity contribution in [1.29, 1.82) is 0 Å². The number of allylic oxidation sites excluding steroid dienone is 12. The average molecular weight is 555 g/mol. The first-order valence-electron chi connectivity index (χ1n) is 15.9. The third-order valence-electron chi connectivity index (χ3n) is 6.45. The van der Waals surface area contributed by atoms with E-state index in [9.17, 15) is 14.7 Å². The third-order valence-corrected chi connectivity index (χ3v) is 6.45. The van der Waals surface area contributed by atoms with Crippen LogP contribution in [-0.2, 0) is 14.3 Å². The molecule has 4 nitrogen and oxygen atoms in total. The molecule has 1 unspecified atom stereocenters. The summed E-state index contributed by atoms with van der Waals surface area (Å²) in [5, 5.41) is 9.42. The summed E-state index contributed by atoms with van der Waals surface area (Å²) in [5.41, 5.74) is 0. The second kappa shape index (κ2) is 30.9. The lowest BCUT2D eigenvalue weighted by molar-refractivity contribution is -0.164. The maximum absolute atomic E-state index is 12.1. The molecular weight excluding hydrogens is 496 g/mol. The Morgan fingerprint density at radius 3 is 1.43 bits per heavy atom. The molecule has 0 amide bonds. The molecule has 1 N–H and O–H groups in total. The largest absolute Gasteiger partial charge is 0.479 e. The molecule has 0 fully saturated rings. The number of hydrogen-bond acceptors (Lipinski definition) is 3. The SMILES string of the molecule is CC/C=C\C/C=C\C/C=C\CCCCCCCC(=O)OC(CCCCCC/C=C\C/C=C\C/C=C\CC)C(=O)O. The maximum atomic E-state index is 12.1. The Kier molecular flexibility index (Phi) is 28.9. The van der Waals surface area contributed by atoms with Crippen LogP contribution in [0.1, 0.15) is 136 Å². The van der Waals surface area contributed by atoms with Gasteiger partial charge < -0.3 is 9.84 Å². The molecule has 1 atom stereocenters. The smallest absolute Gasteiger partial charge is 0.345 e. The second-order valence-corrected chi connectivity index (χ2v) is 10.2. The van der Waals surface area contributed by atoms with Gasteiger partial charge in [-0.05, 0) is 83.5 Å². The Labute approximate surface area is 246 Å². The van der Waals surface area contributed by atoms with Crippen LogP contribution in [0.4, 0.5) is 0 Å². The molecule has 0 saturated carbocycles. The zero-order valence-electron chi connectivity index (χ0n) is 25.6. The van der Waals surface area contributed by atoms with Gasteiger partial charge in [0, 0.05) is 6.42 Å². The fourth-order valence-corrected chi connectivity index (χ4v) is 4.11. The van der Waals surface area contributed by atoms with Gasteiger partial charge in [0.2, 0.25) is 0 Å². The summed E-state index contributed by atoms with van der Waals surface area (Å²) >= 11 is 0. The number of carboxylic acids is 1. The van der Waals surface area contributed by atoms with E-state index >= 15 is 0 Å². The van der Waals surface area contributed by atoms with Crippen molar-refractivity contribution in [3.05, 3.63) is 72.9 Å². The molecule has 226 valence electrons. The monoisotopic (exact) mass is 554 g/mol. The van der Waals surface area contributed by atoms with Crippen molar-refractivity contribution in [1.82, 2.24) is 0 Å². The highest BCUT2D eigenvalue weighted by Gasteiger charge is 2.21. The number of rotatable bonds is 27. The molecule has 0 aromatic heterocycles. The van der Waals surface area contributed by atoms with Gasteiger partial charge in [-0.3, -0.25) is 4.79 Å². The van der Waals surface area contributed by atoms with E-state index in [0.717, 1.165) is 109 Å². The number of unbranched alkanes of at least 4 members (excludes halogenated alkanes) is 9. The lowest BCUT2D eigenvalue weighted by atomic mass is 10.1. The molecule has 0 heterocycles. The number of carbonyl (C=O) groups is 2. The van der Waals surface area contributed by atoms with Crippen LogP contribution in [0.2, 0.25) is 0 Å². The van der Waals surface area contributed by atoms with Gasteiger partial charge in [0.25, 0.3) is 0 Å². The van der Waals surface area contributed by atoms with Gasteiger partial charge >= 0.3 is 11.9 Å². The van der Waals surface area contributed by atoms with Crippen LogP contribution < -0.4 is 0 Å². The van der Waals surface area contributed by atoms with Crippen molar-refractivity contribution in [3.63, 3.8) is 0 Å². The van der Waals surface area contributed by atoms with Crippen LogP contribution in [0.15, 0.2) is 72.9 Å². The first-order chi connectivity index (χ1) is 19.6. The van der Waals surface area contributed by atoms with Gasteiger partial charge in [-0.15, -0.1) is 0 Å². The van der Waals surface area contributed by atoms with E-state index < -0.39 is 12.1 Å². The van der Waals surface area contributed by atoms with Crippen molar-refractivity contribution < 1.29 is 19.4 Å². The van der Waals surface area contributed by atoms with Gasteiger partial charge in [-0.2, -0.15) is 0 Å². The van der Waals surface area contributed by atoms with Gasteiger partial charge in [0.05, 0.1) is 0 Å². The average Bonchev–Trinajstić information content (AvgIpc) is 2.94. The van der Waals surface area contributed by atoms with Crippen LogP contribution in [0.3, 0.4) is 0 Å². The first kappa shape index (κ1) is 37.4. The van der Waals surface area contributed by atoms with Gasteiger partial charge in [-0.1, -0.05) is 119 Å². The zero-order chi connectivity index (χ0) is 29.4. The fraction of sp³-hybridized carbons (Fsp3) is 0.611. The summed E-state index contributed by atoms with van der Waals surface area (Å²) in [6.45, 7) is 4.29. The lowest BCUT2D eigenvalue weighted by Crippen LogP contribution is -2.27. The van der Waals surface area contributed by atoms with Crippen molar-refractivity contribution in [2.24, 2.45) is 0 Å². The molecule has 0 bridgehead atoms. The Morgan fingerprint density at radius 2 is 0.950 bits per heavy atom. The van der Waals surface area contributed by atoms with Gasteiger partial charge in [0.1, 0.15) is 0 Å². The Hall–Kier alpha value is -2.62. The molecule has 0 aliphatic carbocycles.